The zero-order valence-electron chi connectivity index (χ0n) is 9.29. The predicted octanol–water partition coefficient (Wildman–Crippen LogP) is 4.00. The first-order chi connectivity index (χ1) is 8.66. The molecule has 90 valence electrons. The third-order valence-electron chi connectivity index (χ3n) is 2.29. The van der Waals surface area contributed by atoms with E-state index in [9.17, 15) is 10.1 Å². The molecule has 0 aliphatic carbocycles. The van der Waals surface area contributed by atoms with E-state index in [1.807, 2.05) is 30.3 Å². The van der Waals surface area contributed by atoms with E-state index in [1.54, 1.807) is 12.3 Å². The second-order valence-corrected chi connectivity index (χ2v) is 3.97. The molecule has 4 nitrogen and oxygen atoms in total. The Morgan fingerprint density at radius 3 is 2.56 bits per heavy atom. The molecular weight excluding hydrogens is 252 g/mol. The van der Waals surface area contributed by atoms with Crippen LogP contribution in [-0.4, -0.2) is 11.1 Å². The molecule has 0 radical (unpaired) electrons. The van der Waals surface area contributed by atoms with Gasteiger partial charge in [-0.2, -0.15) is 0 Å². The van der Waals surface area contributed by atoms with Gasteiger partial charge in [-0.15, -0.1) is 0 Å². The van der Waals surface area contributed by atoms with E-state index < -0.39 is 4.92 Å². The molecule has 0 aliphatic rings. The quantitative estimate of drug-likeness (QED) is 0.476. The van der Waals surface area contributed by atoms with Crippen LogP contribution in [0.3, 0.4) is 0 Å². The fourth-order valence-electron chi connectivity index (χ4n) is 1.41. The largest absolute Gasteiger partial charge is 0.288 e. The van der Waals surface area contributed by atoms with Crippen LogP contribution in [0, 0.1) is 10.1 Å². The van der Waals surface area contributed by atoms with Gasteiger partial charge in [0.2, 0.25) is 0 Å². The summed E-state index contributed by atoms with van der Waals surface area (Å²) >= 11 is 5.72. The van der Waals surface area contributed by atoms with Gasteiger partial charge in [0, 0.05) is 12.3 Å². The van der Waals surface area contributed by atoms with Crippen molar-refractivity contribution >= 4 is 29.2 Å². The molecule has 2 aromatic carbocycles. The lowest BCUT2D eigenvalue weighted by atomic mass is 10.2. The number of nitrogens with zero attached hydrogens (tertiary/aromatic N) is 2. The molecule has 0 saturated heterocycles. The Morgan fingerprint density at radius 2 is 1.89 bits per heavy atom. The molecule has 2 rings (SSSR count). The summed E-state index contributed by atoms with van der Waals surface area (Å²) in [7, 11) is 0. The van der Waals surface area contributed by atoms with Crippen LogP contribution in [0.15, 0.2) is 53.5 Å². The molecule has 0 N–H and O–H groups in total. The molecule has 18 heavy (non-hydrogen) atoms. The van der Waals surface area contributed by atoms with Gasteiger partial charge in [0.25, 0.3) is 5.69 Å². The first-order valence-corrected chi connectivity index (χ1v) is 5.57. The van der Waals surface area contributed by atoms with Crippen LogP contribution in [0.2, 0.25) is 5.02 Å². The average molecular weight is 261 g/mol. The Bertz CT molecular complexity index is 597. The number of para-hydroxylation sites is 1. The van der Waals surface area contributed by atoms with Gasteiger partial charge in [0.15, 0.2) is 0 Å². The first-order valence-electron chi connectivity index (χ1n) is 5.20. The highest BCUT2D eigenvalue weighted by molar-refractivity contribution is 6.32. The number of rotatable bonds is 3. The summed E-state index contributed by atoms with van der Waals surface area (Å²) in [5.41, 5.74) is 1.30. The van der Waals surface area contributed by atoms with Gasteiger partial charge in [-0.25, -0.2) is 0 Å². The maximum atomic E-state index is 10.7. The van der Waals surface area contributed by atoms with Crippen molar-refractivity contribution in [3.05, 3.63) is 69.2 Å². The van der Waals surface area contributed by atoms with E-state index in [-0.39, 0.29) is 10.7 Å². The Hall–Kier alpha value is -2.20. The van der Waals surface area contributed by atoms with Gasteiger partial charge >= 0.3 is 0 Å². The molecule has 0 aliphatic heterocycles. The molecule has 0 amide bonds. The van der Waals surface area contributed by atoms with E-state index in [2.05, 4.69) is 4.99 Å². The minimum Gasteiger partial charge on any atom is -0.258 e. The van der Waals surface area contributed by atoms with Crippen LogP contribution in [0.25, 0.3) is 0 Å². The van der Waals surface area contributed by atoms with Crippen molar-refractivity contribution in [1.29, 1.82) is 0 Å². The van der Waals surface area contributed by atoms with Gasteiger partial charge in [-0.05, 0) is 23.8 Å². The highest BCUT2D eigenvalue weighted by Crippen LogP contribution is 2.24. The van der Waals surface area contributed by atoms with Crippen molar-refractivity contribution in [2.75, 3.05) is 0 Å². The molecule has 0 aromatic heterocycles. The van der Waals surface area contributed by atoms with E-state index >= 15 is 0 Å². The highest BCUT2D eigenvalue weighted by atomic mass is 35.5. The Balaban J connectivity index is 2.28. The van der Waals surface area contributed by atoms with Gasteiger partial charge < -0.3 is 0 Å². The second-order valence-electron chi connectivity index (χ2n) is 3.56. The number of aliphatic imine (C=N–C) groups is 1. The average Bonchev–Trinajstić information content (AvgIpc) is 2.38. The van der Waals surface area contributed by atoms with Crippen LogP contribution in [0.1, 0.15) is 5.56 Å². The molecule has 0 spiro atoms. The maximum absolute atomic E-state index is 10.7. The van der Waals surface area contributed by atoms with Gasteiger partial charge in [-0.3, -0.25) is 15.1 Å². The SMILES string of the molecule is O=[N+]([O-])c1cc(C=Nc2ccccc2)ccc1Cl. The summed E-state index contributed by atoms with van der Waals surface area (Å²) in [6.45, 7) is 0. The monoisotopic (exact) mass is 260 g/mol. The minimum atomic E-state index is -0.512. The molecule has 0 fully saturated rings. The van der Waals surface area contributed by atoms with Gasteiger partial charge in [0.1, 0.15) is 5.02 Å². The molecule has 2 aromatic rings. The summed E-state index contributed by atoms with van der Waals surface area (Å²) in [5.74, 6) is 0. The van der Waals surface area contributed by atoms with Crippen molar-refractivity contribution in [3.8, 4) is 0 Å². The molecule has 0 unspecified atom stereocenters. The van der Waals surface area contributed by atoms with Crippen LogP contribution in [-0.2, 0) is 0 Å². The maximum Gasteiger partial charge on any atom is 0.288 e. The summed E-state index contributed by atoms with van der Waals surface area (Å²) in [6.07, 6.45) is 1.57. The number of benzene rings is 2. The lowest BCUT2D eigenvalue weighted by Gasteiger charge is -1.97. The van der Waals surface area contributed by atoms with Gasteiger partial charge in [0.05, 0.1) is 10.6 Å². The predicted molar refractivity (Wildman–Crippen MR) is 71.8 cm³/mol. The van der Waals surface area contributed by atoms with Crippen LogP contribution >= 0.6 is 11.6 Å². The van der Waals surface area contributed by atoms with Crippen molar-refractivity contribution in [2.24, 2.45) is 4.99 Å². The van der Waals surface area contributed by atoms with Crippen molar-refractivity contribution in [1.82, 2.24) is 0 Å². The summed E-state index contributed by atoms with van der Waals surface area (Å²) in [5, 5.41) is 10.8. The van der Waals surface area contributed by atoms with E-state index in [0.29, 0.717) is 5.56 Å². The summed E-state index contributed by atoms with van der Waals surface area (Å²) < 4.78 is 0. The smallest absolute Gasteiger partial charge is 0.258 e. The lowest BCUT2D eigenvalue weighted by Crippen LogP contribution is -1.91. The van der Waals surface area contributed by atoms with E-state index in [0.717, 1.165) is 5.69 Å². The third-order valence-corrected chi connectivity index (χ3v) is 2.61. The lowest BCUT2D eigenvalue weighted by molar-refractivity contribution is -0.384. The zero-order valence-corrected chi connectivity index (χ0v) is 10.0. The second kappa shape index (κ2) is 5.42. The standard InChI is InChI=1S/C13H9ClN2O2/c14-12-7-6-10(8-13(12)16(17)18)9-15-11-4-2-1-3-5-11/h1-9H. The van der Waals surface area contributed by atoms with Crippen molar-refractivity contribution in [2.45, 2.75) is 0 Å². The molecule has 0 atom stereocenters. The summed E-state index contributed by atoms with van der Waals surface area (Å²) in [6, 6.07) is 13.9. The Kier molecular flexibility index (Phi) is 3.69. The highest BCUT2D eigenvalue weighted by Gasteiger charge is 2.11. The number of halogens is 1. The van der Waals surface area contributed by atoms with Gasteiger partial charge in [-0.1, -0.05) is 35.9 Å². The molecule has 0 saturated carbocycles. The van der Waals surface area contributed by atoms with E-state index in [4.69, 9.17) is 11.6 Å². The molecule has 5 heteroatoms. The summed E-state index contributed by atoms with van der Waals surface area (Å²) in [4.78, 5) is 14.4. The van der Waals surface area contributed by atoms with Crippen molar-refractivity contribution < 1.29 is 4.92 Å². The number of hydrogen-bond acceptors (Lipinski definition) is 3. The number of hydrogen-bond donors (Lipinski definition) is 0. The normalized spacial score (nSPS) is 10.7. The minimum absolute atomic E-state index is 0.117. The topological polar surface area (TPSA) is 55.5 Å². The van der Waals surface area contributed by atoms with Crippen LogP contribution in [0.5, 0.6) is 0 Å². The fourth-order valence-corrected chi connectivity index (χ4v) is 1.60. The first kappa shape index (κ1) is 12.3. The van der Waals surface area contributed by atoms with Crippen LogP contribution < -0.4 is 0 Å². The third kappa shape index (κ3) is 2.93. The molecule has 0 heterocycles. The van der Waals surface area contributed by atoms with Crippen LogP contribution in [0.4, 0.5) is 11.4 Å². The zero-order chi connectivity index (χ0) is 13.0. The molecule has 0 bridgehead atoms. The number of nitro groups is 1. The Labute approximate surface area is 109 Å². The van der Waals surface area contributed by atoms with Crippen molar-refractivity contribution in [3.63, 3.8) is 0 Å². The molecular formula is C13H9ClN2O2. The fraction of sp³-hybridized carbons (Fsp3) is 0. The van der Waals surface area contributed by atoms with E-state index in [1.165, 1.54) is 12.1 Å². The Morgan fingerprint density at radius 1 is 1.17 bits per heavy atom. The number of nitro benzene ring substituents is 1.